The highest BCUT2D eigenvalue weighted by Crippen LogP contribution is 2.15. The molecular formula is C8H12N2OS. The third kappa shape index (κ3) is 3.48. The predicted octanol–water partition coefficient (Wildman–Crippen LogP) is 1.99. The lowest BCUT2D eigenvalue weighted by atomic mass is 10.0. The number of aromatic nitrogens is 2. The molecule has 12 heavy (non-hydrogen) atoms. The van der Waals surface area contributed by atoms with E-state index in [-0.39, 0.29) is 5.69 Å². The van der Waals surface area contributed by atoms with Crippen molar-refractivity contribution in [2.45, 2.75) is 25.7 Å². The van der Waals surface area contributed by atoms with Gasteiger partial charge >= 0.3 is 5.69 Å². The monoisotopic (exact) mass is 184 g/mol. The lowest BCUT2D eigenvalue weighted by molar-refractivity contribution is 0.504. The molecule has 1 fully saturated rings. The van der Waals surface area contributed by atoms with Gasteiger partial charge in [-0.1, -0.05) is 37.9 Å². The molecule has 66 valence electrons. The Kier molecular flexibility index (Phi) is 3.73. The van der Waals surface area contributed by atoms with Crippen LogP contribution in [0.5, 0.6) is 0 Å². The van der Waals surface area contributed by atoms with E-state index in [1.54, 1.807) is 6.07 Å². The standard InChI is InChI=1S/C4H4N2OS.C4H8/c7-4-5-2-1-3(8)6-4;1-2-4-3-1/h1-2H,(H2,5,6,7,8);1-4H2. The Bertz CT molecular complexity index is 295. The summed E-state index contributed by atoms with van der Waals surface area (Å²) in [7, 11) is 0. The minimum Gasteiger partial charge on any atom is -0.314 e. The van der Waals surface area contributed by atoms with E-state index in [9.17, 15) is 4.79 Å². The van der Waals surface area contributed by atoms with Gasteiger partial charge in [-0.3, -0.25) is 4.98 Å². The Labute approximate surface area is 75.9 Å². The van der Waals surface area contributed by atoms with Gasteiger partial charge in [0.2, 0.25) is 0 Å². The normalized spacial score (nSPS) is 14.0. The molecule has 0 aliphatic heterocycles. The molecule has 2 rings (SSSR count). The zero-order valence-electron chi connectivity index (χ0n) is 6.80. The van der Waals surface area contributed by atoms with Crippen LogP contribution in [0.3, 0.4) is 0 Å². The molecule has 1 heterocycles. The van der Waals surface area contributed by atoms with Crippen molar-refractivity contribution in [1.29, 1.82) is 0 Å². The summed E-state index contributed by atoms with van der Waals surface area (Å²) < 4.78 is 0.453. The fourth-order valence-corrected chi connectivity index (χ4v) is 0.793. The van der Waals surface area contributed by atoms with Crippen LogP contribution in [-0.2, 0) is 0 Å². The van der Waals surface area contributed by atoms with Crippen LogP contribution in [0, 0.1) is 4.64 Å². The largest absolute Gasteiger partial charge is 0.323 e. The first-order chi connectivity index (χ1) is 5.79. The molecule has 0 saturated heterocycles. The van der Waals surface area contributed by atoms with Crippen molar-refractivity contribution >= 4 is 12.2 Å². The van der Waals surface area contributed by atoms with Gasteiger partial charge < -0.3 is 4.98 Å². The second-order valence-corrected chi connectivity index (χ2v) is 3.15. The fraction of sp³-hybridized carbons (Fsp3) is 0.500. The summed E-state index contributed by atoms with van der Waals surface area (Å²) in [5, 5.41) is 0. The molecule has 1 aliphatic carbocycles. The molecule has 1 aliphatic rings. The van der Waals surface area contributed by atoms with Gasteiger partial charge in [0.05, 0.1) is 0 Å². The number of H-pyrrole nitrogens is 2. The van der Waals surface area contributed by atoms with E-state index in [1.165, 1.54) is 31.9 Å². The smallest absolute Gasteiger partial charge is 0.314 e. The van der Waals surface area contributed by atoms with Crippen LogP contribution in [0.4, 0.5) is 0 Å². The Morgan fingerprint density at radius 3 is 2.08 bits per heavy atom. The Balaban J connectivity index is 0.000000150. The lowest BCUT2D eigenvalue weighted by Gasteiger charge is -2.05. The maximum absolute atomic E-state index is 10.3. The quantitative estimate of drug-likeness (QED) is 0.606. The summed E-state index contributed by atoms with van der Waals surface area (Å²) in [5.74, 6) is 0. The van der Waals surface area contributed by atoms with Gasteiger partial charge in [-0.25, -0.2) is 4.79 Å². The molecule has 1 saturated carbocycles. The number of aromatic amines is 2. The van der Waals surface area contributed by atoms with E-state index in [4.69, 9.17) is 0 Å². The van der Waals surface area contributed by atoms with Gasteiger partial charge in [0.1, 0.15) is 4.64 Å². The van der Waals surface area contributed by atoms with Crippen LogP contribution >= 0.6 is 12.2 Å². The average Bonchev–Trinajstić information content (AvgIpc) is 1.81. The molecule has 0 unspecified atom stereocenters. The van der Waals surface area contributed by atoms with Crippen molar-refractivity contribution < 1.29 is 0 Å². The first-order valence-electron chi connectivity index (χ1n) is 4.07. The summed E-state index contributed by atoms with van der Waals surface area (Å²) in [6.45, 7) is 0. The average molecular weight is 184 g/mol. The van der Waals surface area contributed by atoms with E-state index < -0.39 is 0 Å². The molecule has 0 bridgehead atoms. The molecule has 0 spiro atoms. The van der Waals surface area contributed by atoms with Gasteiger partial charge in [-0.15, -0.1) is 0 Å². The predicted molar refractivity (Wildman–Crippen MR) is 50.7 cm³/mol. The summed E-state index contributed by atoms with van der Waals surface area (Å²) in [6, 6.07) is 1.61. The van der Waals surface area contributed by atoms with Gasteiger partial charge in [-0.2, -0.15) is 0 Å². The van der Waals surface area contributed by atoms with E-state index in [2.05, 4.69) is 22.2 Å². The van der Waals surface area contributed by atoms with Gasteiger partial charge in [-0.05, 0) is 6.07 Å². The Morgan fingerprint density at radius 2 is 1.83 bits per heavy atom. The fourth-order valence-electron chi connectivity index (χ4n) is 0.633. The molecule has 0 aromatic carbocycles. The molecule has 1 aromatic rings. The van der Waals surface area contributed by atoms with Crippen LogP contribution in [0.15, 0.2) is 17.1 Å². The second kappa shape index (κ2) is 4.87. The maximum Gasteiger partial charge on any atom is 0.323 e. The number of rotatable bonds is 0. The molecule has 3 nitrogen and oxygen atoms in total. The molecule has 2 N–H and O–H groups in total. The summed E-state index contributed by atoms with van der Waals surface area (Å²) in [4.78, 5) is 15.1. The van der Waals surface area contributed by atoms with Crippen LogP contribution in [0.1, 0.15) is 25.7 Å². The Hall–Kier alpha value is -0.900. The molecule has 1 aromatic heterocycles. The highest BCUT2D eigenvalue weighted by Gasteiger charge is 1.95. The topological polar surface area (TPSA) is 48.6 Å². The van der Waals surface area contributed by atoms with Crippen molar-refractivity contribution in [2.75, 3.05) is 0 Å². The first-order valence-corrected chi connectivity index (χ1v) is 4.48. The summed E-state index contributed by atoms with van der Waals surface area (Å²) >= 11 is 4.62. The SMILES string of the molecule is C1CCC1.O=c1[nH]ccc(=S)[nH]1. The third-order valence-corrected chi connectivity index (χ3v) is 1.92. The third-order valence-electron chi connectivity index (χ3n) is 1.69. The van der Waals surface area contributed by atoms with Crippen molar-refractivity contribution in [3.8, 4) is 0 Å². The van der Waals surface area contributed by atoms with Crippen molar-refractivity contribution in [1.82, 2.24) is 9.97 Å². The van der Waals surface area contributed by atoms with Crippen molar-refractivity contribution in [3.63, 3.8) is 0 Å². The maximum atomic E-state index is 10.3. The zero-order chi connectivity index (χ0) is 8.81. The number of hydrogen-bond donors (Lipinski definition) is 2. The minimum atomic E-state index is -0.266. The van der Waals surface area contributed by atoms with Gasteiger partial charge in [0.15, 0.2) is 0 Å². The highest BCUT2D eigenvalue weighted by atomic mass is 32.1. The Morgan fingerprint density at radius 1 is 1.25 bits per heavy atom. The van der Waals surface area contributed by atoms with Crippen molar-refractivity contribution in [2.24, 2.45) is 0 Å². The van der Waals surface area contributed by atoms with E-state index in [1.807, 2.05) is 0 Å². The van der Waals surface area contributed by atoms with Gasteiger partial charge in [0.25, 0.3) is 0 Å². The summed E-state index contributed by atoms with van der Waals surface area (Å²) in [6.07, 6.45) is 7.50. The van der Waals surface area contributed by atoms with E-state index >= 15 is 0 Å². The molecule has 0 amide bonds. The van der Waals surface area contributed by atoms with Crippen LogP contribution in [0.25, 0.3) is 0 Å². The number of hydrogen-bond acceptors (Lipinski definition) is 2. The molecule has 0 radical (unpaired) electrons. The molecular weight excluding hydrogens is 172 g/mol. The number of nitrogens with one attached hydrogen (secondary N) is 2. The van der Waals surface area contributed by atoms with E-state index in [0.29, 0.717) is 4.64 Å². The highest BCUT2D eigenvalue weighted by molar-refractivity contribution is 7.71. The zero-order valence-corrected chi connectivity index (χ0v) is 7.62. The van der Waals surface area contributed by atoms with Gasteiger partial charge in [0, 0.05) is 6.20 Å². The van der Waals surface area contributed by atoms with Crippen molar-refractivity contribution in [3.05, 3.63) is 27.4 Å². The van der Waals surface area contributed by atoms with E-state index in [0.717, 1.165) is 0 Å². The summed E-state index contributed by atoms with van der Waals surface area (Å²) in [5.41, 5.74) is -0.266. The molecule has 4 heteroatoms. The van der Waals surface area contributed by atoms with Crippen LogP contribution in [0.2, 0.25) is 0 Å². The molecule has 0 atom stereocenters. The van der Waals surface area contributed by atoms with Crippen LogP contribution in [-0.4, -0.2) is 9.97 Å². The van der Waals surface area contributed by atoms with Crippen LogP contribution < -0.4 is 5.69 Å². The minimum absolute atomic E-state index is 0.266. The second-order valence-electron chi connectivity index (χ2n) is 2.71. The lowest BCUT2D eigenvalue weighted by Crippen LogP contribution is -2.07. The first kappa shape index (κ1) is 9.19.